The Labute approximate surface area is 115 Å². The molecule has 0 aromatic heterocycles. The first-order chi connectivity index (χ1) is 9.58. The maximum atomic E-state index is 12.3. The van der Waals surface area contributed by atoms with Gasteiger partial charge in [0.15, 0.2) is 0 Å². The van der Waals surface area contributed by atoms with Crippen LogP contribution in [-0.4, -0.2) is 47.1 Å². The Morgan fingerprint density at radius 1 is 1.55 bits per heavy atom. The molecule has 0 aliphatic carbocycles. The van der Waals surface area contributed by atoms with E-state index in [1.54, 1.807) is 11.8 Å². The number of ether oxygens (including phenoxy) is 1. The van der Waals surface area contributed by atoms with E-state index in [2.05, 4.69) is 0 Å². The van der Waals surface area contributed by atoms with Crippen LogP contribution in [0, 0.1) is 16.0 Å². The maximum Gasteiger partial charge on any atom is 0.311 e. The zero-order chi connectivity index (χ0) is 14.7. The predicted molar refractivity (Wildman–Crippen MR) is 70.7 cm³/mol. The molecule has 0 radical (unpaired) electrons. The molecule has 1 aromatic rings. The Morgan fingerprint density at radius 3 is 2.80 bits per heavy atom. The van der Waals surface area contributed by atoms with Crippen LogP contribution in [0.3, 0.4) is 0 Å². The topological polar surface area (TPSA) is 92.9 Å². The minimum atomic E-state index is -0.561. The number of aliphatic hydroxyl groups excluding tert-OH is 1. The Kier molecular flexibility index (Phi) is 4.19. The van der Waals surface area contributed by atoms with Crippen LogP contribution in [-0.2, 0) is 0 Å². The van der Waals surface area contributed by atoms with Crippen molar-refractivity contribution in [2.45, 2.75) is 6.92 Å². The van der Waals surface area contributed by atoms with Gasteiger partial charge in [0.25, 0.3) is 5.91 Å². The van der Waals surface area contributed by atoms with Gasteiger partial charge in [-0.15, -0.1) is 0 Å². The van der Waals surface area contributed by atoms with E-state index in [1.807, 2.05) is 0 Å². The van der Waals surface area contributed by atoms with E-state index in [4.69, 9.17) is 9.84 Å². The fourth-order valence-corrected chi connectivity index (χ4v) is 2.15. The van der Waals surface area contributed by atoms with E-state index in [-0.39, 0.29) is 42.0 Å². The Bertz CT molecular complexity index is 525. The van der Waals surface area contributed by atoms with Crippen molar-refractivity contribution in [3.05, 3.63) is 33.9 Å². The van der Waals surface area contributed by atoms with Crippen molar-refractivity contribution in [3.8, 4) is 5.75 Å². The highest BCUT2D eigenvalue weighted by molar-refractivity contribution is 5.98. The van der Waals surface area contributed by atoms with E-state index in [1.165, 1.54) is 18.2 Å². The minimum Gasteiger partial charge on any atom is -0.487 e. The second-order valence-corrected chi connectivity index (χ2v) is 4.60. The molecular weight excluding hydrogens is 264 g/mol. The molecule has 108 valence electrons. The lowest BCUT2D eigenvalue weighted by molar-refractivity contribution is -0.385. The first kappa shape index (κ1) is 14.3. The summed E-state index contributed by atoms with van der Waals surface area (Å²) >= 11 is 0. The maximum absolute atomic E-state index is 12.3. The molecule has 2 rings (SSSR count). The first-order valence-corrected chi connectivity index (χ1v) is 6.38. The van der Waals surface area contributed by atoms with Crippen molar-refractivity contribution in [2.24, 2.45) is 5.92 Å². The fourth-order valence-electron chi connectivity index (χ4n) is 2.15. The van der Waals surface area contributed by atoms with E-state index in [9.17, 15) is 14.9 Å². The Hall–Kier alpha value is -2.15. The highest BCUT2D eigenvalue weighted by Gasteiger charge is 2.33. The van der Waals surface area contributed by atoms with Gasteiger partial charge in [-0.25, -0.2) is 0 Å². The van der Waals surface area contributed by atoms with Crippen molar-refractivity contribution < 1.29 is 19.6 Å². The van der Waals surface area contributed by atoms with Crippen LogP contribution in [0.2, 0.25) is 0 Å². The third-order valence-electron chi connectivity index (χ3n) is 3.21. The number of benzene rings is 1. The highest BCUT2D eigenvalue weighted by atomic mass is 16.6. The van der Waals surface area contributed by atoms with E-state index >= 15 is 0 Å². The molecule has 7 nitrogen and oxygen atoms in total. The van der Waals surface area contributed by atoms with Crippen molar-refractivity contribution in [3.63, 3.8) is 0 Å². The van der Waals surface area contributed by atoms with Crippen LogP contribution in [0.4, 0.5) is 5.69 Å². The lowest BCUT2D eigenvalue weighted by atomic mass is 9.99. The third-order valence-corrected chi connectivity index (χ3v) is 3.21. The monoisotopic (exact) mass is 280 g/mol. The first-order valence-electron chi connectivity index (χ1n) is 6.38. The summed E-state index contributed by atoms with van der Waals surface area (Å²) in [4.78, 5) is 24.3. The van der Waals surface area contributed by atoms with Crippen molar-refractivity contribution in [1.29, 1.82) is 0 Å². The zero-order valence-electron chi connectivity index (χ0n) is 11.1. The summed E-state index contributed by atoms with van der Waals surface area (Å²) in [6, 6.07) is 4.30. The van der Waals surface area contributed by atoms with Gasteiger partial charge in [-0.05, 0) is 13.0 Å². The van der Waals surface area contributed by atoms with Gasteiger partial charge in [-0.2, -0.15) is 0 Å². The fraction of sp³-hybridized carbons (Fsp3) is 0.462. The summed E-state index contributed by atoms with van der Waals surface area (Å²) in [6.07, 6.45) is 0. The van der Waals surface area contributed by atoms with Crippen LogP contribution in [0.5, 0.6) is 5.75 Å². The number of aliphatic hydroxyl groups is 1. The summed E-state index contributed by atoms with van der Waals surface area (Å²) in [5, 5.41) is 20.0. The van der Waals surface area contributed by atoms with Gasteiger partial charge < -0.3 is 14.7 Å². The number of rotatable bonds is 5. The van der Waals surface area contributed by atoms with Crippen LogP contribution in [0.15, 0.2) is 18.2 Å². The normalized spacial score (nSPS) is 14.8. The summed E-state index contributed by atoms with van der Waals surface area (Å²) in [6.45, 7) is 2.91. The van der Waals surface area contributed by atoms with Crippen LogP contribution in [0.1, 0.15) is 17.3 Å². The molecule has 0 spiro atoms. The second kappa shape index (κ2) is 5.87. The molecule has 1 aromatic carbocycles. The molecule has 0 saturated carbocycles. The number of hydrogen-bond acceptors (Lipinski definition) is 5. The molecule has 1 fully saturated rings. The summed E-state index contributed by atoms with van der Waals surface area (Å²) < 4.78 is 5.28. The molecule has 1 amide bonds. The van der Waals surface area contributed by atoms with Crippen LogP contribution >= 0.6 is 0 Å². The number of nitrogens with zero attached hydrogens (tertiary/aromatic N) is 2. The number of carbonyl (C=O) groups is 1. The summed E-state index contributed by atoms with van der Waals surface area (Å²) in [7, 11) is 0. The van der Waals surface area contributed by atoms with Gasteiger partial charge in [0.2, 0.25) is 5.75 Å². The number of amides is 1. The Balaban J connectivity index is 2.29. The SMILES string of the molecule is CCOc1c(C(=O)N2CC(CO)C2)cccc1[N+](=O)[O-]. The summed E-state index contributed by atoms with van der Waals surface area (Å²) in [5.74, 6) is -0.201. The van der Waals surface area contributed by atoms with E-state index in [0.717, 1.165) is 0 Å². The van der Waals surface area contributed by atoms with Gasteiger partial charge in [0, 0.05) is 31.7 Å². The molecular formula is C13H16N2O5. The number of hydrogen-bond donors (Lipinski definition) is 1. The third kappa shape index (κ3) is 2.57. The molecule has 1 saturated heterocycles. The smallest absolute Gasteiger partial charge is 0.311 e. The molecule has 1 aliphatic rings. The molecule has 0 bridgehead atoms. The van der Waals surface area contributed by atoms with Gasteiger partial charge in [0.1, 0.15) is 0 Å². The highest BCUT2D eigenvalue weighted by Crippen LogP contribution is 2.33. The molecule has 20 heavy (non-hydrogen) atoms. The standard InChI is InChI=1S/C13H16N2O5/c1-2-20-12-10(4-3-5-11(12)15(18)19)13(17)14-6-9(7-14)8-16/h3-5,9,16H,2,6-8H2,1H3. The van der Waals surface area contributed by atoms with E-state index in [0.29, 0.717) is 13.1 Å². The molecule has 7 heteroatoms. The van der Waals surface area contributed by atoms with Crippen molar-refractivity contribution in [2.75, 3.05) is 26.3 Å². The van der Waals surface area contributed by atoms with Crippen molar-refractivity contribution >= 4 is 11.6 Å². The average molecular weight is 280 g/mol. The number of likely N-dealkylation sites (tertiary alicyclic amines) is 1. The Morgan fingerprint density at radius 2 is 2.25 bits per heavy atom. The lowest BCUT2D eigenvalue weighted by Gasteiger charge is -2.38. The van der Waals surface area contributed by atoms with Gasteiger partial charge >= 0.3 is 5.69 Å². The van der Waals surface area contributed by atoms with Gasteiger partial charge in [-0.1, -0.05) is 6.07 Å². The molecule has 1 N–H and O–H groups in total. The summed E-state index contributed by atoms with van der Waals surface area (Å²) in [5.41, 5.74) is -0.0191. The van der Waals surface area contributed by atoms with E-state index < -0.39 is 4.92 Å². The second-order valence-electron chi connectivity index (χ2n) is 4.60. The molecule has 0 atom stereocenters. The predicted octanol–water partition coefficient (Wildman–Crippen LogP) is 1.06. The minimum absolute atomic E-state index is 0.0115. The average Bonchev–Trinajstić information content (AvgIpc) is 2.37. The zero-order valence-corrected chi connectivity index (χ0v) is 11.1. The number of para-hydroxylation sites is 1. The number of nitro benzene ring substituents is 1. The largest absolute Gasteiger partial charge is 0.487 e. The van der Waals surface area contributed by atoms with Crippen LogP contribution < -0.4 is 4.74 Å². The quantitative estimate of drug-likeness (QED) is 0.643. The van der Waals surface area contributed by atoms with Crippen LogP contribution in [0.25, 0.3) is 0 Å². The number of nitro groups is 1. The molecule has 1 aliphatic heterocycles. The van der Waals surface area contributed by atoms with Crippen molar-refractivity contribution in [1.82, 2.24) is 4.90 Å². The van der Waals surface area contributed by atoms with Gasteiger partial charge in [-0.3, -0.25) is 14.9 Å². The van der Waals surface area contributed by atoms with Gasteiger partial charge in [0.05, 0.1) is 17.1 Å². The molecule has 0 unspecified atom stereocenters. The lowest BCUT2D eigenvalue weighted by Crippen LogP contribution is -2.51. The number of carbonyl (C=O) groups excluding carboxylic acids is 1. The molecule has 1 heterocycles.